The lowest BCUT2D eigenvalue weighted by molar-refractivity contribution is 0.0961. The van der Waals surface area contributed by atoms with Crippen molar-refractivity contribution < 1.29 is 9.53 Å². The molecule has 0 radical (unpaired) electrons. The van der Waals surface area contributed by atoms with Gasteiger partial charge in [0.1, 0.15) is 5.75 Å². The summed E-state index contributed by atoms with van der Waals surface area (Å²) in [6.45, 7) is 4.13. The van der Waals surface area contributed by atoms with Gasteiger partial charge >= 0.3 is 0 Å². The summed E-state index contributed by atoms with van der Waals surface area (Å²) in [5.41, 5.74) is 4.25. The first-order chi connectivity index (χ1) is 12.1. The first kappa shape index (κ1) is 16.2. The Balaban J connectivity index is 1.80. The Morgan fingerprint density at radius 1 is 1.20 bits per heavy atom. The zero-order valence-corrected chi connectivity index (χ0v) is 15.0. The fourth-order valence-corrected chi connectivity index (χ4v) is 4.30. The molecule has 1 fully saturated rings. The van der Waals surface area contributed by atoms with Crippen LogP contribution in [0, 0.1) is 6.92 Å². The van der Waals surface area contributed by atoms with Gasteiger partial charge in [-0.15, -0.1) is 0 Å². The molecular formula is C21H24N2O2. The number of likely N-dealkylation sites (tertiary alicyclic amines) is 1. The number of anilines is 1. The third-order valence-corrected chi connectivity index (χ3v) is 5.51. The van der Waals surface area contributed by atoms with Crippen molar-refractivity contribution in [3.63, 3.8) is 0 Å². The maximum absolute atomic E-state index is 13.4. The second kappa shape index (κ2) is 6.19. The van der Waals surface area contributed by atoms with Gasteiger partial charge in [-0.1, -0.05) is 29.8 Å². The summed E-state index contributed by atoms with van der Waals surface area (Å²) < 4.78 is 5.43. The van der Waals surface area contributed by atoms with Crippen molar-refractivity contribution in [2.24, 2.45) is 0 Å². The van der Waals surface area contributed by atoms with E-state index in [0.29, 0.717) is 17.2 Å². The van der Waals surface area contributed by atoms with Gasteiger partial charge in [0, 0.05) is 24.2 Å². The fourth-order valence-electron chi connectivity index (χ4n) is 4.30. The molecule has 0 unspecified atom stereocenters. The summed E-state index contributed by atoms with van der Waals surface area (Å²) in [6, 6.07) is 14.2. The quantitative estimate of drug-likeness (QED) is 0.842. The molecule has 0 aliphatic carbocycles. The molecule has 2 atom stereocenters. The van der Waals surface area contributed by atoms with Gasteiger partial charge in [0.2, 0.25) is 0 Å². The number of aryl methyl sites for hydroxylation is 1. The molecular weight excluding hydrogens is 312 g/mol. The average Bonchev–Trinajstić information content (AvgIpc) is 2.94. The zero-order valence-electron chi connectivity index (χ0n) is 15.0. The van der Waals surface area contributed by atoms with Gasteiger partial charge in [-0.2, -0.15) is 0 Å². The van der Waals surface area contributed by atoms with Crippen LogP contribution in [0.2, 0.25) is 0 Å². The average molecular weight is 336 g/mol. The summed E-state index contributed by atoms with van der Waals surface area (Å²) >= 11 is 0. The van der Waals surface area contributed by atoms with E-state index in [1.807, 2.05) is 29.2 Å². The number of ether oxygens (including phenoxy) is 1. The predicted octanol–water partition coefficient (Wildman–Crippen LogP) is 3.45. The van der Waals surface area contributed by atoms with Crippen LogP contribution in [0.5, 0.6) is 5.75 Å². The Kier molecular flexibility index (Phi) is 4.00. The van der Waals surface area contributed by atoms with Crippen LogP contribution in [0.15, 0.2) is 42.5 Å². The van der Waals surface area contributed by atoms with Gasteiger partial charge in [0.05, 0.1) is 12.7 Å². The third-order valence-electron chi connectivity index (χ3n) is 5.51. The second-order valence-corrected chi connectivity index (χ2v) is 7.16. The molecule has 2 aliphatic heterocycles. The van der Waals surface area contributed by atoms with Crippen molar-refractivity contribution in [2.45, 2.75) is 25.3 Å². The Hall–Kier alpha value is -2.33. The molecule has 2 aromatic carbocycles. The number of carbonyl (C=O) groups excluding carboxylic acids is 1. The number of hydrogen-bond acceptors (Lipinski definition) is 3. The van der Waals surface area contributed by atoms with Crippen molar-refractivity contribution >= 4 is 11.6 Å². The zero-order chi connectivity index (χ0) is 17.6. The van der Waals surface area contributed by atoms with Crippen molar-refractivity contribution in [1.29, 1.82) is 0 Å². The smallest absolute Gasteiger partial charge is 0.262 e. The number of fused-ring (bicyclic) bond motifs is 3. The number of hydrogen-bond donors (Lipinski definition) is 0. The molecule has 2 aromatic rings. The van der Waals surface area contributed by atoms with Crippen molar-refractivity contribution in [2.75, 3.05) is 32.1 Å². The lowest BCUT2D eigenvalue weighted by Crippen LogP contribution is -2.47. The molecule has 2 heterocycles. The summed E-state index contributed by atoms with van der Waals surface area (Å²) in [5, 5.41) is 0. The Labute approximate surface area is 149 Å². The van der Waals surface area contributed by atoms with E-state index in [9.17, 15) is 4.79 Å². The number of amides is 1. The Morgan fingerprint density at radius 2 is 2.00 bits per heavy atom. The van der Waals surface area contributed by atoms with E-state index in [2.05, 4.69) is 37.1 Å². The van der Waals surface area contributed by atoms with E-state index in [1.54, 1.807) is 7.11 Å². The SMILES string of the molecule is COc1ccccc1C(=O)N1c2ccc(C)cc2[C@H]2CN(C)CC[C@H]21. The van der Waals surface area contributed by atoms with Gasteiger partial charge in [0.25, 0.3) is 5.91 Å². The number of benzene rings is 2. The van der Waals surface area contributed by atoms with Crippen LogP contribution in [-0.2, 0) is 0 Å². The largest absolute Gasteiger partial charge is 0.496 e. The monoisotopic (exact) mass is 336 g/mol. The molecule has 4 heteroatoms. The van der Waals surface area contributed by atoms with Gasteiger partial charge < -0.3 is 14.5 Å². The highest BCUT2D eigenvalue weighted by atomic mass is 16.5. The molecule has 0 N–H and O–H groups in total. The number of carbonyl (C=O) groups is 1. The van der Waals surface area contributed by atoms with Crippen molar-refractivity contribution in [1.82, 2.24) is 4.90 Å². The highest BCUT2D eigenvalue weighted by Crippen LogP contribution is 2.45. The molecule has 1 amide bonds. The maximum atomic E-state index is 13.4. The highest BCUT2D eigenvalue weighted by Gasteiger charge is 2.44. The van der Waals surface area contributed by atoms with Crippen LogP contribution in [0.3, 0.4) is 0 Å². The minimum Gasteiger partial charge on any atom is -0.496 e. The summed E-state index contributed by atoms with van der Waals surface area (Å²) in [5.74, 6) is 1.06. The van der Waals surface area contributed by atoms with E-state index in [1.165, 1.54) is 11.1 Å². The second-order valence-electron chi connectivity index (χ2n) is 7.16. The van der Waals surface area contributed by atoms with E-state index < -0.39 is 0 Å². The number of para-hydroxylation sites is 1. The molecule has 0 bridgehead atoms. The topological polar surface area (TPSA) is 32.8 Å². The summed E-state index contributed by atoms with van der Waals surface area (Å²) in [6.07, 6.45) is 0.996. The van der Waals surface area contributed by atoms with Crippen LogP contribution < -0.4 is 9.64 Å². The van der Waals surface area contributed by atoms with Crippen LogP contribution >= 0.6 is 0 Å². The molecule has 2 aliphatic rings. The maximum Gasteiger partial charge on any atom is 0.262 e. The number of likely N-dealkylation sites (N-methyl/N-ethyl adjacent to an activating group) is 1. The summed E-state index contributed by atoms with van der Waals surface area (Å²) in [4.78, 5) is 17.8. The van der Waals surface area contributed by atoms with E-state index in [4.69, 9.17) is 4.74 Å². The van der Waals surface area contributed by atoms with Crippen LogP contribution in [-0.4, -0.2) is 44.1 Å². The number of nitrogens with zero attached hydrogens (tertiary/aromatic N) is 2. The van der Waals surface area contributed by atoms with Gasteiger partial charge in [-0.05, 0) is 50.7 Å². The van der Waals surface area contributed by atoms with Gasteiger partial charge in [-0.25, -0.2) is 0 Å². The lowest BCUT2D eigenvalue weighted by Gasteiger charge is -2.36. The third kappa shape index (κ3) is 2.61. The van der Waals surface area contributed by atoms with Crippen LogP contribution in [0.1, 0.15) is 33.8 Å². The molecule has 0 spiro atoms. The fraction of sp³-hybridized carbons (Fsp3) is 0.381. The summed E-state index contributed by atoms with van der Waals surface area (Å²) in [7, 11) is 3.78. The van der Waals surface area contributed by atoms with Crippen molar-refractivity contribution in [3.05, 3.63) is 59.2 Å². The van der Waals surface area contributed by atoms with Gasteiger partial charge in [0.15, 0.2) is 0 Å². The molecule has 0 saturated carbocycles. The number of methoxy groups -OCH3 is 1. The minimum atomic E-state index is 0.0413. The van der Waals surface area contributed by atoms with Gasteiger partial charge in [-0.3, -0.25) is 4.79 Å². The van der Waals surface area contributed by atoms with E-state index in [-0.39, 0.29) is 11.9 Å². The lowest BCUT2D eigenvalue weighted by atomic mass is 9.88. The Bertz CT molecular complexity index is 817. The first-order valence-electron chi connectivity index (χ1n) is 8.86. The van der Waals surface area contributed by atoms with E-state index in [0.717, 1.165) is 25.2 Å². The Morgan fingerprint density at radius 3 is 2.80 bits per heavy atom. The number of rotatable bonds is 2. The molecule has 1 saturated heterocycles. The van der Waals surface area contributed by atoms with Crippen LogP contribution in [0.4, 0.5) is 5.69 Å². The molecule has 4 rings (SSSR count). The van der Waals surface area contributed by atoms with Crippen LogP contribution in [0.25, 0.3) is 0 Å². The van der Waals surface area contributed by atoms with E-state index >= 15 is 0 Å². The number of piperidine rings is 1. The molecule has 130 valence electrons. The predicted molar refractivity (Wildman–Crippen MR) is 99.6 cm³/mol. The van der Waals surface area contributed by atoms with Crippen molar-refractivity contribution in [3.8, 4) is 5.75 Å². The normalized spacial score (nSPS) is 22.4. The first-order valence-corrected chi connectivity index (χ1v) is 8.86. The minimum absolute atomic E-state index is 0.0413. The molecule has 25 heavy (non-hydrogen) atoms. The molecule has 0 aromatic heterocycles. The standard InChI is InChI=1S/C21H24N2O2/c1-14-8-9-18-16(12-14)17-13-22(2)11-10-19(17)23(18)21(24)15-6-4-5-7-20(15)25-3/h4-9,12,17,19H,10-11,13H2,1-3H3/t17-,19-/m1/s1. The molecule has 4 nitrogen and oxygen atoms in total. The highest BCUT2D eigenvalue weighted by molar-refractivity contribution is 6.09.